The van der Waals surface area contributed by atoms with Crippen LogP contribution >= 0.6 is 23.4 Å². The number of carbonyl (C=O) groups is 2. The predicted octanol–water partition coefficient (Wildman–Crippen LogP) is 4.46. The largest absolute Gasteiger partial charge is 0.478 e. The summed E-state index contributed by atoms with van der Waals surface area (Å²) < 4.78 is 2.22. The molecule has 176 valence electrons. The van der Waals surface area contributed by atoms with Crippen molar-refractivity contribution in [3.05, 3.63) is 64.7 Å². The van der Waals surface area contributed by atoms with E-state index in [-0.39, 0.29) is 17.2 Å². The van der Waals surface area contributed by atoms with E-state index in [9.17, 15) is 9.59 Å². The van der Waals surface area contributed by atoms with E-state index >= 15 is 0 Å². The van der Waals surface area contributed by atoms with E-state index < -0.39 is 5.97 Å². The van der Waals surface area contributed by atoms with E-state index in [1.807, 2.05) is 24.3 Å². The van der Waals surface area contributed by atoms with Gasteiger partial charge in [-0.1, -0.05) is 30.2 Å². The summed E-state index contributed by atoms with van der Waals surface area (Å²) in [7, 11) is 0. The second-order valence-electron chi connectivity index (χ2n) is 8.03. The number of nitrogens with one attached hydrogen (secondary N) is 2. The minimum absolute atomic E-state index is 0.160. The molecule has 10 heteroatoms. The Bertz CT molecular complexity index is 1170. The van der Waals surface area contributed by atoms with Crippen molar-refractivity contribution in [2.45, 2.75) is 43.3 Å². The van der Waals surface area contributed by atoms with Crippen LogP contribution in [0.5, 0.6) is 0 Å². The first-order valence-corrected chi connectivity index (χ1v) is 12.4. The molecule has 0 radical (unpaired) electrons. The average molecular weight is 499 g/mol. The van der Waals surface area contributed by atoms with Crippen LogP contribution in [0.4, 0.5) is 0 Å². The number of rotatable bonds is 8. The first-order valence-electron chi connectivity index (χ1n) is 11.0. The molecule has 1 aromatic heterocycles. The lowest BCUT2D eigenvalue weighted by molar-refractivity contribution is -0.749. The fraction of sp³-hybridized carbons (Fsp3) is 0.292. The van der Waals surface area contributed by atoms with Gasteiger partial charge in [0.15, 0.2) is 0 Å². The topological polar surface area (TPSA) is 111 Å². The number of halogens is 1. The number of carboxylic acid groups (broad SMARTS) is 1. The molecule has 2 aromatic carbocycles. The van der Waals surface area contributed by atoms with Crippen molar-refractivity contribution in [1.29, 1.82) is 0 Å². The molecule has 4 rings (SSSR count). The molecule has 3 aromatic rings. The van der Waals surface area contributed by atoms with Crippen LogP contribution in [-0.2, 0) is 4.79 Å². The molecule has 0 unspecified atom stereocenters. The van der Waals surface area contributed by atoms with Crippen LogP contribution in [0, 0.1) is 0 Å². The molecule has 1 fully saturated rings. The first kappa shape index (κ1) is 24.0. The SMILES string of the molecule is O=C(CSc1n[nH]c(-c2ccc(Cl)cc2)[n+]1C1CCCCC1)N/N=C/c1ccc(C(=O)O)cc1. The predicted molar refractivity (Wildman–Crippen MR) is 131 cm³/mol. The summed E-state index contributed by atoms with van der Waals surface area (Å²) in [6.45, 7) is 0. The molecular weight excluding hydrogens is 474 g/mol. The van der Waals surface area contributed by atoms with Crippen molar-refractivity contribution in [2.75, 3.05) is 5.75 Å². The molecule has 0 bridgehead atoms. The Morgan fingerprint density at radius 2 is 1.85 bits per heavy atom. The molecule has 0 aliphatic heterocycles. The number of thioether (sulfide) groups is 1. The Hall–Kier alpha value is -3.17. The highest BCUT2D eigenvalue weighted by Crippen LogP contribution is 2.29. The molecular formula is C24H25ClN5O3S+. The van der Waals surface area contributed by atoms with Crippen molar-refractivity contribution in [1.82, 2.24) is 15.6 Å². The summed E-state index contributed by atoms with van der Waals surface area (Å²) >= 11 is 7.42. The molecule has 0 saturated heterocycles. The molecule has 1 aliphatic carbocycles. The molecule has 0 atom stereocenters. The van der Waals surface area contributed by atoms with Gasteiger partial charge < -0.3 is 5.11 Å². The van der Waals surface area contributed by atoms with Gasteiger partial charge in [0.1, 0.15) is 0 Å². The Morgan fingerprint density at radius 3 is 2.53 bits per heavy atom. The monoisotopic (exact) mass is 498 g/mol. The third-order valence-corrected chi connectivity index (χ3v) is 6.86. The smallest absolute Gasteiger partial charge is 0.337 e. The summed E-state index contributed by atoms with van der Waals surface area (Å²) in [6, 6.07) is 14.2. The number of amides is 1. The second-order valence-corrected chi connectivity index (χ2v) is 9.41. The summed E-state index contributed by atoms with van der Waals surface area (Å²) in [5.41, 5.74) is 4.39. The van der Waals surface area contributed by atoms with Crippen molar-refractivity contribution in [3.8, 4) is 11.4 Å². The lowest BCUT2D eigenvalue weighted by atomic mass is 9.95. The molecule has 1 amide bonds. The van der Waals surface area contributed by atoms with Crippen LogP contribution in [-0.4, -0.2) is 39.1 Å². The molecule has 8 nitrogen and oxygen atoms in total. The third kappa shape index (κ3) is 6.03. The Labute approximate surface area is 206 Å². The maximum absolute atomic E-state index is 12.4. The molecule has 34 heavy (non-hydrogen) atoms. The number of benzene rings is 2. The highest BCUT2D eigenvalue weighted by atomic mass is 35.5. The number of aromatic carboxylic acids is 1. The lowest BCUT2D eigenvalue weighted by Crippen LogP contribution is -2.43. The highest BCUT2D eigenvalue weighted by molar-refractivity contribution is 7.99. The molecule has 0 spiro atoms. The number of nitrogens with zero attached hydrogens (tertiary/aromatic N) is 3. The number of hydrogen-bond donors (Lipinski definition) is 3. The Morgan fingerprint density at radius 1 is 1.15 bits per heavy atom. The summed E-state index contributed by atoms with van der Waals surface area (Å²) in [4.78, 5) is 23.3. The van der Waals surface area contributed by atoms with E-state index in [0.29, 0.717) is 16.6 Å². The van der Waals surface area contributed by atoms with E-state index in [0.717, 1.165) is 29.4 Å². The van der Waals surface area contributed by atoms with E-state index in [1.54, 1.807) is 12.1 Å². The zero-order chi connectivity index (χ0) is 23.9. The summed E-state index contributed by atoms with van der Waals surface area (Å²) in [5, 5.41) is 22.0. The van der Waals surface area contributed by atoms with Crippen molar-refractivity contribution in [3.63, 3.8) is 0 Å². The van der Waals surface area contributed by atoms with Crippen LogP contribution in [0.1, 0.15) is 54.1 Å². The molecule has 3 N–H and O–H groups in total. The maximum atomic E-state index is 12.4. The summed E-state index contributed by atoms with van der Waals surface area (Å²) in [6.07, 6.45) is 7.23. The van der Waals surface area contributed by atoms with Gasteiger partial charge in [0.25, 0.3) is 11.7 Å². The van der Waals surface area contributed by atoms with Gasteiger partial charge in [0.2, 0.25) is 0 Å². The fourth-order valence-corrected chi connectivity index (χ4v) is 4.89. The van der Waals surface area contributed by atoms with Gasteiger partial charge in [-0.15, -0.1) is 5.10 Å². The average Bonchev–Trinajstić information content (AvgIpc) is 3.28. The van der Waals surface area contributed by atoms with Crippen LogP contribution in [0.25, 0.3) is 11.4 Å². The van der Waals surface area contributed by atoms with Crippen LogP contribution < -0.4 is 9.99 Å². The maximum Gasteiger partial charge on any atom is 0.337 e. The Balaban J connectivity index is 1.42. The second kappa shape index (κ2) is 11.3. The number of carbonyl (C=O) groups excluding carboxylic acids is 1. The van der Waals surface area contributed by atoms with E-state index in [4.69, 9.17) is 16.7 Å². The normalized spacial score (nSPS) is 14.4. The van der Waals surface area contributed by atoms with Gasteiger partial charge >= 0.3 is 11.1 Å². The van der Waals surface area contributed by atoms with Gasteiger partial charge in [-0.25, -0.2) is 14.8 Å². The quantitative estimate of drug-likeness (QED) is 0.184. The van der Waals surface area contributed by atoms with Gasteiger partial charge in [-0.3, -0.25) is 4.79 Å². The standard InChI is InChI=1S/C24H24ClN5O3S/c25-19-12-10-17(11-13-19)22-28-29-24(30(22)20-4-2-1-3-5-20)34-15-21(31)27-26-14-16-6-8-18(9-7-16)23(32)33/h6-14,20H,1-5,15H2,(H2,27,31,32,33)/p+1/b26-14+. The molecule has 1 heterocycles. The number of aromatic nitrogens is 3. The number of hydrogen-bond acceptors (Lipinski definition) is 5. The minimum atomic E-state index is -0.989. The number of hydrazone groups is 1. The minimum Gasteiger partial charge on any atom is -0.478 e. The molecule has 1 saturated carbocycles. The van der Waals surface area contributed by atoms with Crippen molar-refractivity contribution >= 4 is 41.5 Å². The zero-order valence-corrected chi connectivity index (χ0v) is 20.0. The number of H-pyrrole nitrogens is 1. The van der Waals surface area contributed by atoms with Gasteiger partial charge in [0, 0.05) is 5.02 Å². The first-order chi connectivity index (χ1) is 16.5. The van der Waals surface area contributed by atoms with Crippen molar-refractivity contribution in [2.24, 2.45) is 5.10 Å². The van der Waals surface area contributed by atoms with Crippen LogP contribution in [0.3, 0.4) is 0 Å². The molecule has 1 aliphatic rings. The zero-order valence-electron chi connectivity index (χ0n) is 18.4. The van der Waals surface area contributed by atoms with Crippen molar-refractivity contribution < 1.29 is 19.3 Å². The summed E-state index contributed by atoms with van der Waals surface area (Å²) in [5.74, 6) is -0.173. The Kier molecular flexibility index (Phi) is 7.97. The fourth-order valence-electron chi connectivity index (χ4n) is 3.95. The lowest BCUT2D eigenvalue weighted by Gasteiger charge is -2.21. The van der Waals surface area contributed by atoms with Gasteiger partial charge in [0.05, 0.1) is 34.2 Å². The van der Waals surface area contributed by atoms with E-state index in [2.05, 4.69) is 25.3 Å². The number of carboxylic acids is 1. The van der Waals surface area contributed by atoms with E-state index in [1.165, 1.54) is 49.4 Å². The van der Waals surface area contributed by atoms with Crippen LogP contribution in [0.2, 0.25) is 5.02 Å². The van der Waals surface area contributed by atoms with Gasteiger partial charge in [-0.2, -0.15) is 5.10 Å². The highest BCUT2D eigenvalue weighted by Gasteiger charge is 2.30. The third-order valence-electron chi connectivity index (χ3n) is 5.65. The van der Waals surface area contributed by atoms with Gasteiger partial charge in [-0.05, 0) is 79.4 Å². The van der Waals surface area contributed by atoms with Crippen LogP contribution in [0.15, 0.2) is 58.8 Å². The number of aromatic amines is 1.